The van der Waals surface area contributed by atoms with Crippen LogP contribution in [-0.4, -0.2) is 47.0 Å². The van der Waals surface area contributed by atoms with Crippen LogP contribution in [-0.2, 0) is 9.84 Å². The van der Waals surface area contributed by atoms with Crippen LogP contribution in [0.1, 0.15) is 57.9 Å². The predicted octanol–water partition coefficient (Wildman–Crippen LogP) is 4.88. The molecule has 1 fully saturated rings. The number of fused-ring (bicyclic) bond motifs is 1. The Labute approximate surface area is 215 Å². The highest BCUT2D eigenvalue weighted by Crippen LogP contribution is 2.34. The number of nitrogens with zero attached hydrogens (tertiary/aromatic N) is 4. The Morgan fingerprint density at radius 2 is 1.86 bits per heavy atom. The number of hydrogen-bond donors (Lipinski definition) is 1. The number of carbonyl (C=O) groups excluding carboxylic acids is 1. The first-order valence-corrected chi connectivity index (χ1v) is 14.0. The fourth-order valence-electron chi connectivity index (χ4n) is 5.01. The first-order valence-electron chi connectivity index (χ1n) is 12.1. The maximum absolute atomic E-state index is 13.9. The molecule has 0 saturated carbocycles. The number of aromatic amines is 1. The van der Waals surface area contributed by atoms with E-state index in [1.54, 1.807) is 12.1 Å². The van der Waals surface area contributed by atoms with Gasteiger partial charge in [-0.05, 0) is 68.0 Å². The number of carbonyl (C=O) groups is 1. The second kappa shape index (κ2) is 9.45. The van der Waals surface area contributed by atoms with Gasteiger partial charge in [0, 0.05) is 30.0 Å². The maximum atomic E-state index is 13.9. The summed E-state index contributed by atoms with van der Waals surface area (Å²) in [6.45, 7) is 4.56. The average Bonchev–Trinajstić information content (AvgIpc) is 3.31. The summed E-state index contributed by atoms with van der Waals surface area (Å²) >= 11 is 0. The zero-order valence-electron chi connectivity index (χ0n) is 20.9. The minimum Gasteiger partial charge on any atom is -0.337 e. The highest BCUT2D eigenvalue weighted by atomic mass is 32.2. The zero-order chi connectivity index (χ0) is 26.3. The number of amides is 1. The summed E-state index contributed by atoms with van der Waals surface area (Å²) in [6, 6.07) is 14.9. The lowest BCUT2D eigenvalue weighted by Crippen LogP contribution is -2.38. The minimum absolute atomic E-state index is 0.0338. The number of pyridine rings is 1. The molecule has 0 bridgehead atoms. The zero-order valence-corrected chi connectivity index (χ0v) is 21.8. The molecule has 2 aromatic heterocycles. The third-order valence-electron chi connectivity index (χ3n) is 6.97. The first kappa shape index (κ1) is 24.7. The summed E-state index contributed by atoms with van der Waals surface area (Å²) < 4.78 is 23.8. The van der Waals surface area contributed by atoms with Crippen LogP contribution in [0.2, 0.25) is 0 Å². The molecule has 0 spiro atoms. The lowest BCUT2D eigenvalue weighted by atomic mass is 9.92. The van der Waals surface area contributed by atoms with Crippen molar-refractivity contribution >= 4 is 26.8 Å². The fourth-order valence-corrected chi connectivity index (χ4v) is 5.58. The lowest BCUT2D eigenvalue weighted by molar-refractivity contribution is 0.0611. The van der Waals surface area contributed by atoms with Crippen molar-refractivity contribution in [1.82, 2.24) is 19.9 Å². The number of hydrogen-bond acceptors (Lipinski definition) is 6. The van der Waals surface area contributed by atoms with Gasteiger partial charge < -0.3 is 9.88 Å². The Balaban J connectivity index is 1.53. The van der Waals surface area contributed by atoms with Gasteiger partial charge in [-0.3, -0.25) is 4.79 Å². The van der Waals surface area contributed by atoms with Gasteiger partial charge in [-0.15, -0.1) is 0 Å². The molecule has 1 amide bonds. The highest BCUT2D eigenvalue weighted by Gasteiger charge is 2.30. The second-order valence-corrected chi connectivity index (χ2v) is 11.6. The van der Waals surface area contributed by atoms with E-state index in [1.807, 2.05) is 43.0 Å². The molecule has 1 atom stereocenters. The highest BCUT2D eigenvalue weighted by molar-refractivity contribution is 7.90. The molecule has 0 aliphatic carbocycles. The number of likely N-dealkylation sites (tertiary alicyclic amines) is 1. The molecular formula is C28H27N5O3S. The summed E-state index contributed by atoms with van der Waals surface area (Å²) in [5.74, 6) is 0.515. The molecule has 1 unspecified atom stereocenters. The van der Waals surface area contributed by atoms with Crippen LogP contribution in [0.4, 0.5) is 0 Å². The molecule has 8 nitrogen and oxygen atoms in total. The quantitative estimate of drug-likeness (QED) is 0.415. The van der Waals surface area contributed by atoms with E-state index in [0.29, 0.717) is 34.5 Å². The maximum Gasteiger partial charge on any atom is 0.254 e. The van der Waals surface area contributed by atoms with Crippen molar-refractivity contribution in [2.24, 2.45) is 0 Å². The van der Waals surface area contributed by atoms with Crippen LogP contribution in [0.3, 0.4) is 0 Å². The van der Waals surface area contributed by atoms with Gasteiger partial charge in [-0.2, -0.15) is 5.26 Å². The number of aromatic nitrogens is 3. The molecule has 2 aromatic carbocycles. The summed E-state index contributed by atoms with van der Waals surface area (Å²) in [6.07, 6.45) is 5.43. The Hall–Kier alpha value is -4.03. The van der Waals surface area contributed by atoms with E-state index < -0.39 is 9.84 Å². The van der Waals surface area contributed by atoms with Gasteiger partial charge >= 0.3 is 0 Å². The van der Waals surface area contributed by atoms with Crippen LogP contribution >= 0.6 is 0 Å². The largest absolute Gasteiger partial charge is 0.337 e. The lowest BCUT2D eigenvalue weighted by Gasteiger charge is -2.36. The average molecular weight is 514 g/mol. The third kappa shape index (κ3) is 4.72. The van der Waals surface area contributed by atoms with Crippen LogP contribution in [0.15, 0.2) is 53.7 Å². The smallest absolute Gasteiger partial charge is 0.254 e. The first-order chi connectivity index (χ1) is 17.7. The van der Waals surface area contributed by atoms with E-state index in [4.69, 9.17) is 5.26 Å². The summed E-state index contributed by atoms with van der Waals surface area (Å²) in [5.41, 5.74) is 5.96. The number of aryl methyl sites for hydroxylation is 2. The van der Waals surface area contributed by atoms with Crippen molar-refractivity contribution in [2.45, 2.75) is 44.2 Å². The van der Waals surface area contributed by atoms with Gasteiger partial charge in [-0.25, -0.2) is 18.4 Å². The molecule has 5 rings (SSSR count). The molecule has 1 aliphatic heterocycles. The molecule has 9 heteroatoms. The van der Waals surface area contributed by atoms with Gasteiger partial charge in [-0.1, -0.05) is 18.2 Å². The van der Waals surface area contributed by atoms with Crippen molar-refractivity contribution in [1.29, 1.82) is 5.26 Å². The fraction of sp³-hybridized carbons (Fsp3) is 0.286. The van der Waals surface area contributed by atoms with E-state index >= 15 is 0 Å². The monoisotopic (exact) mass is 513 g/mol. The van der Waals surface area contributed by atoms with E-state index in [9.17, 15) is 13.2 Å². The second-order valence-electron chi connectivity index (χ2n) is 9.62. The Kier molecular flexibility index (Phi) is 6.30. The van der Waals surface area contributed by atoms with Crippen molar-refractivity contribution in [3.05, 3.63) is 76.5 Å². The molecule has 0 radical (unpaired) electrons. The number of imidazole rings is 1. The molecular weight excluding hydrogens is 486 g/mol. The number of nitriles is 1. The Morgan fingerprint density at radius 3 is 2.57 bits per heavy atom. The normalized spacial score (nSPS) is 16.1. The van der Waals surface area contributed by atoms with Crippen LogP contribution in [0, 0.1) is 25.2 Å². The molecule has 1 N–H and O–H groups in total. The number of rotatable bonds is 4. The van der Waals surface area contributed by atoms with Gasteiger partial charge in [0.1, 0.15) is 5.82 Å². The summed E-state index contributed by atoms with van der Waals surface area (Å²) in [5, 5.41) is 9.11. The Morgan fingerprint density at radius 1 is 1.11 bits per heavy atom. The number of benzene rings is 2. The van der Waals surface area contributed by atoms with Crippen molar-refractivity contribution in [3.63, 3.8) is 0 Å². The van der Waals surface area contributed by atoms with E-state index in [1.165, 1.54) is 12.3 Å². The van der Waals surface area contributed by atoms with E-state index in [-0.39, 0.29) is 17.0 Å². The standard InChI is InChI=1S/C28H27N5O3S/c1-17-12-18(2)22(13-21(17)27-31-23-14-26(37(3,35)36)30-16-24(23)32-27)28(34)33-11-5-4-6-25(33)20-9-7-19(15-29)8-10-20/h7-10,12-14,16,25H,4-6,11H2,1-3H3,(H,31,32). The molecule has 3 heterocycles. The SMILES string of the molecule is Cc1cc(C)c(-c2nc3cc(S(C)(=O)=O)ncc3[nH]2)cc1C(=O)N1CCCCC1c1ccc(C#N)cc1. The number of piperidine rings is 1. The van der Waals surface area contributed by atoms with Gasteiger partial charge in [0.25, 0.3) is 5.91 Å². The van der Waals surface area contributed by atoms with Gasteiger partial charge in [0.2, 0.25) is 0 Å². The van der Waals surface area contributed by atoms with E-state index in [2.05, 4.69) is 21.0 Å². The molecule has 188 valence electrons. The van der Waals surface area contributed by atoms with Crippen molar-refractivity contribution in [3.8, 4) is 17.5 Å². The number of sulfone groups is 1. The van der Waals surface area contributed by atoms with E-state index in [0.717, 1.165) is 47.8 Å². The van der Waals surface area contributed by atoms with Crippen LogP contribution < -0.4 is 0 Å². The number of nitrogens with one attached hydrogen (secondary N) is 1. The van der Waals surface area contributed by atoms with Crippen molar-refractivity contribution < 1.29 is 13.2 Å². The third-order valence-corrected chi connectivity index (χ3v) is 7.95. The Bertz CT molecular complexity index is 1670. The number of H-pyrrole nitrogens is 1. The van der Waals surface area contributed by atoms with Crippen LogP contribution in [0.5, 0.6) is 0 Å². The van der Waals surface area contributed by atoms with Gasteiger partial charge in [0.15, 0.2) is 14.9 Å². The topological polar surface area (TPSA) is 120 Å². The van der Waals surface area contributed by atoms with Crippen molar-refractivity contribution in [2.75, 3.05) is 12.8 Å². The van der Waals surface area contributed by atoms with Gasteiger partial charge in [0.05, 0.1) is 34.9 Å². The minimum atomic E-state index is -3.46. The predicted molar refractivity (Wildman–Crippen MR) is 141 cm³/mol. The van der Waals surface area contributed by atoms with Crippen LogP contribution in [0.25, 0.3) is 22.4 Å². The molecule has 1 aliphatic rings. The molecule has 4 aromatic rings. The summed E-state index contributed by atoms with van der Waals surface area (Å²) in [7, 11) is -3.46. The molecule has 1 saturated heterocycles. The molecule has 37 heavy (non-hydrogen) atoms. The summed E-state index contributed by atoms with van der Waals surface area (Å²) in [4.78, 5) is 27.7.